The number of amides is 2. The van der Waals surface area contributed by atoms with Crippen molar-refractivity contribution in [3.63, 3.8) is 0 Å². The van der Waals surface area contributed by atoms with Crippen LogP contribution in [-0.4, -0.2) is 64.2 Å². The highest BCUT2D eigenvalue weighted by atomic mass is 32.2. The standard InChI is InChI=1S/C25H35N3O6S/c1-7-18(2)26-25(30)19(3)27(16-20-11-13-22(33-4)14-12-20)24(29)17-28(35(6,31)32)21-9-8-10-23(15-21)34-5/h8-15,18-19H,7,16-17H2,1-6H3,(H,26,30)/t18-,19+/m1/s1. The summed E-state index contributed by atoms with van der Waals surface area (Å²) in [7, 11) is -0.774. The van der Waals surface area contributed by atoms with Gasteiger partial charge in [-0.3, -0.25) is 13.9 Å². The Balaban J connectivity index is 2.39. The maximum absolute atomic E-state index is 13.5. The van der Waals surface area contributed by atoms with Crippen molar-refractivity contribution in [1.29, 1.82) is 0 Å². The van der Waals surface area contributed by atoms with Gasteiger partial charge in [0.05, 0.1) is 26.2 Å². The Bertz CT molecular complexity index is 1100. The summed E-state index contributed by atoms with van der Waals surface area (Å²) in [5.74, 6) is 0.296. The third kappa shape index (κ3) is 7.88. The molecule has 2 amide bonds. The van der Waals surface area contributed by atoms with E-state index in [0.29, 0.717) is 17.2 Å². The van der Waals surface area contributed by atoms with E-state index < -0.39 is 28.5 Å². The number of methoxy groups -OCH3 is 2. The van der Waals surface area contributed by atoms with E-state index in [2.05, 4.69) is 5.32 Å². The molecule has 0 spiro atoms. The molecule has 0 unspecified atom stereocenters. The molecule has 2 aromatic carbocycles. The summed E-state index contributed by atoms with van der Waals surface area (Å²) in [4.78, 5) is 27.8. The van der Waals surface area contributed by atoms with E-state index >= 15 is 0 Å². The van der Waals surface area contributed by atoms with Gasteiger partial charge in [0, 0.05) is 18.7 Å². The maximum Gasteiger partial charge on any atom is 0.244 e. The van der Waals surface area contributed by atoms with Gasteiger partial charge in [-0.15, -0.1) is 0 Å². The molecule has 0 saturated heterocycles. The van der Waals surface area contributed by atoms with Gasteiger partial charge in [-0.1, -0.05) is 25.1 Å². The van der Waals surface area contributed by atoms with Crippen LogP contribution in [0.2, 0.25) is 0 Å². The lowest BCUT2D eigenvalue weighted by molar-refractivity contribution is -0.139. The molecule has 0 heterocycles. The van der Waals surface area contributed by atoms with Gasteiger partial charge in [0.25, 0.3) is 0 Å². The van der Waals surface area contributed by atoms with Crippen LogP contribution in [0.1, 0.15) is 32.8 Å². The van der Waals surface area contributed by atoms with Gasteiger partial charge in [0.15, 0.2) is 0 Å². The van der Waals surface area contributed by atoms with Crippen molar-refractivity contribution in [3.05, 3.63) is 54.1 Å². The molecule has 2 atom stereocenters. The van der Waals surface area contributed by atoms with Gasteiger partial charge >= 0.3 is 0 Å². The van der Waals surface area contributed by atoms with Crippen LogP contribution in [0.5, 0.6) is 11.5 Å². The Morgan fingerprint density at radius 1 is 1.00 bits per heavy atom. The molecule has 10 heteroatoms. The van der Waals surface area contributed by atoms with Gasteiger partial charge in [-0.2, -0.15) is 0 Å². The first-order chi connectivity index (χ1) is 16.5. The number of sulfonamides is 1. The topological polar surface area (TPSA) is 105 Å². The van der Waals surface area contributed by atoms with Crippen molar-refractivity contribution < 1.29 is 27.5 Å². The van der Waals surface area contributed by atoms with Gasteiger partial charge < -0.3 is 19.7 Å². The fourth-order valence-corrected chi connectivity index (χ4v) is 4.20. The smallest absolute Gasteiger partial charge is 0.244 e. The number of benzene rings is 2. The zero-order valence-electron chi connectivity index (χ0n) is 21.1. The van der Waals surface area contributed by atoms with Crippen LogP contribution in [0.4, 0.5) is 5.69 Å². The SMILES string of the molecule is CC[C@@H](C)NC(=O)[C@H](C)N(Cc1ccc(OC)cc1)C(=O)CN(c1cccc(OC)c1)S(C)(=O)=O. The summed E-state index contributed by atoms with van der Waals surface area (Å²) in [6.07, 6.45) is 1.77. The summed E-state index contributed by atoms with van der Waals surface area (Å²) in [5.41, 5.74) is 1.07. The monoisotopic (exact) mass is 505 g/mol. The zero-order valence-corrected chi connectivity index (χ0v) is 22.0. The predicted molar refractivity (Wildman–Crippen MR) is 136 cm³/mol. The van der Waals surface area contributed by atoms with Crippen LogP contribution in [-0.2, 0) is 26.2 Å². The quantitative estimate of drug-likeness (QED) is 0.476. The van der Waals surface area contributed by atoms with Crippen molar-refractivity contribution in [2.24, 2.45) is 0 Å². The fraction of sp³-hybridized carbons (Fsp3) is 0.440. The maximum atomic E-state index is 13.5. The third-order valence-electron chi connectivity index (χ3n) is 5.70. The highest BCUT2D eigenvalue weighted by Crippen LogP contribution is 2.24. The van der Waals surface area contributed by atoms with Crippen LogP contribution in [0.15, 0.2) is 48.5 Å². The lowest BCUT2D eigenvalue weighted by Gasteiger charge is -2.32. The lowest BCUT2D eigenvalue weighted by Crippen LogP contribution is -2.52. The second-order valence-corrected chi connectivity index (χ2v) is 10.2. The molecule has 0 radical (unpaired) electrons. The minimum atomic E-state index is -3.81. The molecule has 0 aliphatic rings. The largest absolute Gasteiger partial charge is 0.497 e. The highest BCUT2D eigenvalue weighted by Gasteiger charge is 2.30. The highest BCUT2D eigenvalue weighted by molar-refractivity contribution is 7.92. The third-order valence-corrected chi connectivity index (χ3v) is 6.84. The number of carbonyl (C=O) groups is 2. The first-order valence-corrected chi connectivity index (χ1v) is 13.2. The van der Waals surface area contributed by atoms with E-state index in [-0.39, 0.29) is 18.5 Å². The average Bonchev–Trinajstić information content (AvgIpc) is 2.84. The van der Waals surface area contributed by atoms with Crippen LogP contribution in [0.25, 0.3) is 0 Å². The number of nitrogens with zero attached hydrogens (tertiary/aromatic N) is 2. The van der Waals surface area contributed by atoms with Crippen molar-refractivity contribution in [2.45, 2.75) is 45.8 Å². The van der Waals surface area contributed by atoms with E-state index in [4.69, 9.17) is 9.47 Å². The Morgan fingerprint density at radius 2 is 1.63 bits per heavy atom. The van der Waals surface area contributed by atoms with Crippen molar-refractivity contribution in [1.82, 2.24) is 10.2 Å². The normalized spacial score (nSPS) is 12.9. The molecule has 192 valence electrons. The second-order valence-electron chi connectivity index (χ2n) is 8.33. The van der Waals surface area contributed by atoms with Crippen LogP contribution in [0.3, 0.4) is 0 Å². The number of ether oxygens (including phenoxy) is 2. The molecule has 0 aliphatic heterocycles. The Morgan fingerprint density at radius 3 is 2.17 bits per heavy atom. The van der Waals surface area contributed by atoms with E-state index in [1.54, 1.807) is 62.6 Å². The Kier molecular flexibility index (Phi) is 9.94. The van der Waals surface area contributed by atoms with E-state index in [1.807, 2.05) is 13.8 Å². The first-order valence-electron chi connectivity index (χ1n) is 11.3. The fourth-order valence-electron chi connectivity index (χ4n) is 3.36. The van der Waals surface area contributed by atoms with Gasteiger partial charge in [0.1, 0.15) is 24.1 Å². The Hall–Kier alpha value is -3.27. The van der Waals surface area contributed by atoms with Crippen LogP contribution in [0, 0.1) is 0 Å². The zero-order chi connectivity index (χ0) is 26.2. The average molecular weight is 506 g/mol. The van der Waals surface area contributed by atoms with Crippen molar-refractivity contribution in [3.8, 4) is 11.5 Å². The molecule has 2 aromatic rings. The molecule has 0 saturated carbocycles. The van der Waals surface area contributed by atoms with Crippen LogP contribution < -0.4 is 19.1 Å². The summed E-state index contributed by atoms with van der Waals surface area (Å²) >= 11 is 0. The molecule has 1 N–H and O–H groups in total. The molecule has 0 fully saturated rings. The molecule has 0 bridgehead atoms. The number of hydrogen-bond donors (Lipinski definition) is 1. The molecule has 2 rings (SSSR count). The number of carbonyl (C=O) groups excluding carboxylic acids is 2. The molecular formula is C25H35N3O6S. The molecule has 0 aliphatic carbocycles. The Labute approximate surface area is 208 Å². The number of rotatable bonds is 12. The molecule has 0 aromatic heterocycles. The number of anilines is 1. The first kappa shape index (κ1) is 28.0. The van der Waals surface area contributed by atoms with Gasteiger partial charge in [-0.25, -0.2) is 8.42 Å². The van der Waals surface area contributed by atoms with E-state index in [9.17, 15) is 18.0 Å². The van der Waals surface area contributed by atoms with Gasteiger partial charge in [-0.05, 0) is 50.1 Å². The summed E-state index contributed by atoms with van der Waals surface area (Å²) in [6, 6.07) is 12.7. The molecule has 9 nitrogen and oxygen atoms in total. The summed E-state index contributed by atoms with van der Waals surface area (Å²) in [5, 5.41) is 2.90. The van der Waals surface area contributed by atoms with Gasteiger partial charge in [0.2, 0.25) is 21.8 Å². The summed E-state index contributed by atoms with van der Waals surface area (Å²) < 4.78 is 36.7. The van der Waals surface area contributed by atoms with Crippen molar-refractivity contribution >= 4 is 27.5 Å². The number of nitrogens with one attached hydrogen (secondary N) is 1. The van der Waals surface area contributed by atoms with E-state index in [1.165, 1.54) is 12.0 Å². The minimum absolute atomic E-state index is 0.0628. The molecular weight excluding hydrogens is 470 g/mol. The lowest BCUT2D eigenvalue weighted by atomic mass is 10.1. The minimum Gasteiger partial charge on any atom is -0.497 e. The second kappa shape index (κ2) is 12.4. The number of hydrogen-bond acceptors (Lipinski definition) is 6. The summed E-state index contributed by atoms with van der Waals surface area (Å²) in [6.45, 7) is 5.12. The van der Waals surface area contributed by atoms with Crippen molar-refractivity contribution in [2.75, 3.05) is 31.3 Å². The predicted octanol–water partition coefficient (Wildman–Crippen LogP) is 2.80. The van der Waals surface area contributed by atoms with E-state index in [0.717, 1.165) is 22.5 Å². The molecule has 35 heavy (non-hydrogen) atoms. The van der Waals surface area contributed by atoms with Crippen LogP contribution >= 0.6 is 0 Å².